The fourth-order valence-electron chi connectivity index (χ4n) is 3.46. The molecule has 1 aliphatic rings. The summed E-state index contributed by atoms with van der Waals surface area (Å²) in [7, 11) is 1.65. The number of para-hydroxylation sites is 1. The number of hydrazone groups is 1. The van der Waals surface area contributed by atoms with E-state index in [1.54, 1.807) is 7.11 Å². The first-order valence-electron chi connectivity index (χ1n) is 8.83. The number of benzene rings is 3. The first kappa shape index (κ1) is 16.9. The summed E-state index contributed by atoms with van der Waals surface area (Å²) in [6.45, 7) is 0. The predicted molar refractivity (Wildman–Crippen MR) is 107 cm³/mol. The fourth-order valence-corrected chi connectivity index (χ4v) is 3.46. The number of ether oxygens (including phenoxy) is 1. The van der Waals surface area contributed by atoms with Crippen molar-refractivity contribution in [2.24, 2.45) is 5.10 Å². The van der Waals surface area contributed by atoms with Gasteiger partial charge >= 0.3 is 0 Å². The second-order valence-corrected chi connectivity index (χ2v) is 6.36. The molecule has 3 aromatic carbocycles. The molecule has 0 aromatic heterocycles. The number of hydrogen-bond donors (Lipinski definition) is 0. The van der Waals surface area contributed by atoms with Crippen molar-refractivity contribution < 1.29 is 4.74 Å². The molecule has 2 unspecified atom stereocenters. The van der Waals surface area contributed by atoms with Crippen LogP contribution in [0.3, 0.4) is 0 Å². The Bertz CT molecular complexity index is 976. The fraction of sp³-hybridized carbons (Fsp3) is 0.130. The molecule has 27 heavy (non-hydrogen) atoms. The lowest BCUT2D eigenvalue weighted by atomic mass is 9.85. The summed E-state index contributed by atoms with van der Waals surface area (Å²) in [5.41, 5.74) is 3.88. The van der Waals surface area contributed by atoms with E-state index in [9.17, 15) is 5.26 Å². The number of rotatable bonds is 4. The third-order valence-electron chi connectivity index (χ3n) is 4.79. The van der Waals surface area contributed by atoms with E-state index in [0.29, 0.717) is 0 Å². The summed E-state index contributed by atoms with van der Waals surface area (Å²) in [6, 6.07) is 29.8. The Labute approximate surface area is 158 Å². The Morgan fingerprint density at radius 1 is 0.889 bits per heavy atom. The van der Waals surface area contributed by atoms with Crippen LogP contribution in [0.15, 0.2) is 90.0 Å². The van der Waals surface area contributed by atoms with Crippen molar-refractivity contribution in [1.29, 1.82) is 5.26 Å². The molecule has 1 heterocycles. The smallest absolute Gasteiger partial charge is 0.151 e. The van der Waals surface area contributed by atoms with Gasteiger partial charge in [0, 0.05) is 0 Å². The van der Waals surface area contributed by atoms with Crippen LogP contribution in [0, 0.1) is 11.3 Å². The van der Waals surface area contributed by atoms with Crippen LogP contribution in [0.2, 0.25) is 0 Å². The number of anilines is 1. The summed E-state index contributed by atoms with van der Waals surface area (Å²) in [4.78, 5) is 0. The zero-order valence-corrected chi connectivity index (χ0v) is 15.0. The summed E-state index contributed by atoms with van der Waals surface area (Å²) in [5.74, 6) is 0.645. The molecule has 0 radical (unpaired) electrons. The maximum Gasteiger partial charge on any atom is 0.151 e. The van der Waals surface area contributed by atoms with Crippen LogP contribution in [0.1, 0.15) is 17.0 Å². The van der Waals surface area contributed by atoms with Gasteiger partial charge in [0.15, 0.2) is 6.04 Å². The lowest BCUT2D eigenvalue weighted by Gasteiger charge is -2.22. The molecule has 4 rings (SSSR count). The Morgan fingerprint density at radius 2 is 1.52 bits per heavy atom. The molecule has 2 atom stereocenters. The number of methoxy groups -OCH3 is 1. The first-order chi connectivity index (χ1) is 13.3. The highest BCUT2D eigenvalue weighted by atomic mass is 16.5. The summed E-state index contributed by atoms with van der Waals surface area (Å²) < 4.78 is 5.28. The number of nitriles is 1. The monoisotopic (exact) mass is 353 g/mol. The van der Waals surface area contributed by atoms with E-state index in [1.165, 1.54) is 0 Å². The van der Waals surface area contributed by atoms with Crippen molar-refractivity contribution in [3.05, 3.63) is 96.1 Å². The van der Waals surface area contributed by atoms with Gasteiger partial charge in [-0.05, 0) is 35.4 Å². The van der Waals surface area contributed by atoms with Gasteiger partial charge in [0.05, 0.1) is 30.5 Å². The van der Waals surface area contributed by atoms with Crippen LogP contribution in [0.4, 0.5) is 5.69 Å². The lowest BCUT2D eigenvalue weighted by Crippen LogP contribution is -2.30. The number of nitrogens with zero attached hydrogens (tertiary/aromatic N) is 3. The Balaban J connectivity index is 1.83. The minimum atomic E-state index is -0.420. The molecule has 0 bridgehead atoms. The molecule has 4 heteroatoms. The highest BCUT2D eigenvalue weighted by Gasteiger charge is 2.39. The third kappa shape index (κ3) is 3.16. The molecule has 0 N–H and O–H groups in total. The van der Waals surface area contributed by atoms with E-state index >= 15 is 0 Å². The maximum absolute atomic E-state index is 10.0. The van der Waals surface area contributed by atoms with Crippen molar-refractivity contribution in [3.8, 4) is 11.8 Å². The number of hydrogen-bond acceptors (Lipinski definition) is 4. The van der Waals surface area contributed by atoms with Gasteiger partial charge in [0.2, 0.25) is 0 Å². The molecular weight excluding hydrogens is 334 g/mol. The SMILES string of the molecule is COc1ccc(C2C(c3ccccc3)=NN(c3ccccc3)C2C#N)cc1. The molecule has 132 valence electrons. The van der Waals surface area contributed by atoms with Crippen molar-refractivity contribution in [2.75, 3.05) is 12.1 Å². The van der Waals surface area contributed by atoms with Gasteiger partial charge < -0.3 is 4.74 Å². The highest BCUT2D eigenvalue weighted by molar-refractivity contribution is 6.08. The van der Waals surface area contributed by atoms with E-state index in [-0.39, 0.29) is 5.92 Å². The van der Waals surface area contributed by atoms with E-state index in [4.69, 9.17) is 9.84 Å². The Morgan fingerprint density at radius 3 is 2.11 bits per heavy atom. The summed E-state index contributed by atoms with van der Waals surface area (Å²) in [5, 5.41) is 16.7. The quantitative estimate of drug-likeness (QED) is 0.689. The van der Waals surface area contributed by atoms with E-state index in [0.717, 1.165) is 28.3 Å². The maximum atomic E-state index is 10.0. The first-order valence-corrected chi connectivity index (χ1v) is 8.83. The summed E-state index contributed by atoms with van der Waals surface area (Å²) >= 11 is 0. The van der Waals surface area contributed by atoms with E-state index in [2.05, 4.69) is 6.07 Å². The van der Waals surface area contributed by atoms with Crippen LogP contribution >= 0.6 is 0 Å². The molecule has 0 spiro atoms. The molecule has 0 aliphatic carbocycles. The van der Waals surface area contributed by atoms with Crippen molar-refractivity contribution in [1.82, 2.24) is 0 Å². The van der Waals surface area contributed by atoms with Gasteiger partial charge in [-0.25, -0.2) is 5.01 Å². The van der Waals surface area contributed by atoms with Crippen LogP contribution in [-0.2, 0) is 0 Å². The van der Waals surface area contributed by atoms with Gasteiger partial charge in [-0.3, -0.25) is 0 Å². The van der Waals surface area contributed by atoms with Gasteiger partial charge in [-0.15, -0.1) is 0 Å². The minimum Gasteiger partial charge on any atom is -0.497 e. The Hall–Kier alpha value is -3.58. The van der Waals surface area contributed by atoms with Crippen LogP contribution in [0.5, 0.6) is 5.75 Å². The van der Waals surface area contributed by atoms with Gasteiger partial charge in [-0.2, -0.15) is 10.4 Å². The molecule has 4 nitrogen and oxygen atoms in total. The average Bonchev–Trinajstić information content (AvgIpc) is 3.14. The van der Waals surface area contributed by atoms with E-state index < -0.39 is 6.04 Å². The van der Waals surface area contributed by atoms with Crippen molar-refractivity contribution in [2.45, 2.75) is 12.0 Å². The van der Waals surface area contributed by atoms with Crippen LogP contribution in [-0.4, -0.2) is 18.9 Å². The van der Waals surface area contributed by atoms with Crippen molar-refractivity contribution in [3.63, 3.8) is 0 Å². The molecule has 0 fully saturated rings. The van der Waals surface area contributed by atoms with Gasteiger partial charge in [0.25, 0.3) is 0 Å². The molecule has 0 saturated carbocycles. The standard InChI is InChI=1S/C23H19N3O/c1-27-20-14-12-17(13-15-20)22-21(16-24)26(19-10-6-3-7-11-19)25-23(22)18-8-4-2-5-9-18/h2-15,21-22H,1H3. The third-order valence-corrected chi connectivity index (χ3v) is 4.79. The average molecular weight is 353 g/mol. The molecule has 0 saturated heterocycles. The molecule has 3 aromatic rings. The Kier molecular flexibility index (Phi) is 4.59. The largest absolute Gasteiger partial charge is 0.497 e. The van der Waals surface area contributed by atoms with Crippen molar-refractivity contribution >= 4 is 11.4 Å². The summed E-state index contributed by atoms with van der Waals surface area (Å²) in [6.07, 6.45) is 0. The van der Waals surface area contributed by atoms with Gasteiger partial charge in [-0.1, -0.05) is 60.7 Å². The van der Waals surface area contributed by atoms with E-state index in [1.807, 2.05) is 89.9 Å². The zero-order chi connectivity index (χ0) is 18.6. The lowest BCUT2D eigenvalue weighted by molar-refractivity contribution is 0.414. The normalized spacial score (nSPS) is 18.7. The highest BCUT2D eigenvalue weighted by Crippen LogP contribution is 2.37. The van der Waals surface area contributed by atoms with Gasteiger partial charge in [0.1, 0.15) is 5.75 Å². The van der Waals surface area contributed by atoms with Crippen LogP contribution in [0.25, 0.3) is 0 Å². The molecular formula is C23H19N3O. The predicted octanol–water partition coefficient (Wildman–Crippen LogP) is 4.60. The van der Waals surface area contributed by atoms with Crippen LogP contribution < -0.4 is 9.75 Å². The topological polar surface area (TPSA) is 48.6 Å². The molecule has 0 amide bonds. The molecule has 1 aliphatic heterocycles. The minimum absolute atomic E-state index is 0.150. The second-order valence-electron chi connectivity index (χ2n) is 6.36. The zero-order valence-electron chi connectivity index (χ0n) is 15.0. The second kappa shape index (κ2) is 7.35.